The average Bonchev–Trinajstić information content (AvgIpc) is 3.02. The number of methoxy groups -OCH3 is 1. The van der Waals surface area contributed by atoms with Crippen LogP contribution in [0.3, 0.4) is 0 Å². The minimum Gasteiger partial charge on any atom is -0.385 e. The van der Waals surface area contributed by atoms with Crippen molar-refractivity contribution in [2.75, 3.05) is 27.3 Å². The van der Waals surface area contributed by atoms with Gasteiger partial charge in [0.15, 0.2) is 10.2 Å². The zero-order valence-electron chi connectivity index (χ0n) is 19.5. The Kier molecular flexibility index (Phi) is 14.7. The SMILES string of the molecule is CC.CCNC(=S)N/N=C(/C(C)=N/NC(=S)NC)c1cc(C)n(CCCOC)c1C. The number of ether oxygens (including phenoxy) is 1. The number of rotatable bonds is 9. The lowest BCUT2D eigenvalue weighted by Crippen LogP contribution is -2.34. The predicted molar refractivity (Wildman–Crippen MR) is 136 cm³/mol. The Morgan fingerprint density at radius 2 is 1.77 bits per heavy atom. The van der Waals surface area contributed by atoms with Gasteiger partial charge in [-0.1, -0.05) is 13.8 Å². The highest BCUT2D eigenvalue weighted by Crippen LogP contribution is 2.17. The second-order valence-corrected chi connectivity index (χ2v) is 6.92. The molecule has 30 heavy (non-hydrogen) atoms. The Morgan fingerprint density at radius 3 is 2.33 bits per heavy atom. The van der Waals surface area contributed by atoms with Gasteiger partial charge in [0.25, 0.3) is 0 Å². The molecule has 4 N–H and O–H groups in total. The van der Waals surface area contributed by atoms with Crippen molar-refractivity contribution >= 4 is 46.1 Å². The summed E-state index contributed by atoms with van der Waals surface area (Å²) in [4.78, 5) is 0. The van der Waals surface area contributed by atoms with E-state index in [1.54, 1.807) is 14.2 Å². The molecular formula is C20H37N7OS2. The third-order valence-corrected chi connectivity index (χ3v) is 4.59. The fourth-order valence-electron chi connectivity index (χ4n) is 2.64. The van der Waals surface area contributed by atoms with Gasteiger partial charge in [-0.3, -0.25) is 10.9 Å². The quantitative estimate of drug-likeness (QED) is 0.197. The Bertz CT molecular complexity index is 742. The smallest absolute Gasteiger partial charge is 0.186 e. The van der Waals surface area contributed by atoms with E-state index in [0.717, 1.165) is 43.1 Å². The summed E-state index contributed by atoms with van der Waals surface area (Å²) in [7, 11) is 3.45. The van der Waals surface area contributed by atoms with Gasteiger partial charge in [0.1, 0.15) is 5.71 Å². The van der Waals surface area contributed by atoms with Crippen LogP contribution in [0.1, 0.15) is 51.1 Å². The predicted octanol–water partition coefficient (Wildman–Crippen LogP) is 2.83. The van der Waals surface area contributed by atoms with Crippen LogP contribution in [0.2, 0.25) is 0 Å². The van der Waals surface area contributed by atoms with Gasteiger partial charge in [-0.25, -0.2) is 0 Å². The van der Waals surface area contributed by atoms with Gasteiger partial charge in [0, 0.05) is 50.8 Å². The van der Waals surface area contributed by atoms with Crippen LogP contribution >= 0.6 is 24.4 Å². The van der Waals surface area contributed by atoms with E-state index in [1.807, 2.05) is 27.7 Å². The minimum atomic E-state index is 0.430. The lowest BCUT2D eigenvalue weighted by molar-refractivity contribution is 0.190. The molecule has 1 aromatic rings. The van der Waals surface area contributed by atoms with Gasteiger partial charge in [0.2, 0.25) is 0 Å². The number of thiocarbonyl (C=S) groups is 2. The topological polar surface area (TPSA) is 87.0 Å². The molecule has 0 atom stereocenters. The van der Waals surface area contributed by atoms with Gasteiger partial charge in [0.05, 0.1) is 5.71 Å². The molecule has 0 radical (unpaired) electrons. The summed E-state index contributed by atoms with van der Waals surface area (Å²) in [6, 6.07) is 2.11. The number of aryl methyl sites for hydroxylation is 1. The Morgan fingerprint density at radius 1 is 1.13 bits per heavy atom. The monoisotopic (exact) mass is 455 g/mol. The largest absolute Gasteiger partial charge is 0.385 e. The molecule has 10 heteroatoms. The van der Waals surface area contributed by atoms with E-state index in [9.17, 15) is 0 Å². The second kappa shape index (κ2) is 15.8. The third kappa shape index (κ3) is 9.19. The molecule has 0 aliphatic heterocycles. The molecule has 8 nitrogen and oxygen atoms in total. The number of aromatic nitrogens is 1. The van der Waals surface area contributed by atoms with E-state index in [2.05, 4.69) is 56.2 Å². The van der Waals surface area contributed by atoms with Crippen molar-refractivity contribution in [2.45, 2.75) is 54.5 Å². The molecule has 0 fully saturated rings. The molecule has 0 unspecified atom stereocenters. The molecule has 0 aliphatic carbocycles. The maximum atomic E-state index is 5.23. The highest BCUT2D eigenvalue weighted by Gasteiger charge is 2.17. The second-order valence-electron chi connectivity index (χ2n) is 6.10. The van der Waals surface area contributed by atoms with Crippen LogP contribution in [-0.2, 0) is 11.3 Å². The van der Waals surface area contributed by atoms with Crippen molar-refractivity contribution in [1.29, 1.82) is 0 Å². The summed E-state index contributed by atoms with van der Waals surface area (Å²) in [6.07, 6.45) is 0.937. The van der Waals surface area contributed by atoms with Crippen molar-refractivity contribution < 1.29 is 4.74 Å². The fourth-order valence-corrected chi connectivity index (χ4v) is 2.87. The first-order chi connectivity index (χ1) is 14.3. The van der Waals surface area contributed by atoms with E-state index in [0.29, 0.717) is 21.6 Å². The minimum absolute atomic E-state index is 0.430. The Hall–Kier alpha value is -2.04. The van der Waals surface area contributed by atoms with Crippen molar-refractivity contribution in [2.24, 2.45) is 10.2 Å². The first-order valence-electron chi connectivity index (χ1n) is 10.2. The summed E-state index contributed by atoms with van der Waals surface area (Å²) in [5.74, 6) is 0. The zero-order chi connectivity index (χ0) is 23.1. The molecule has 1 aromatic heterocycles. The van der Waals surface area contributed by atoms with Crippen molar-refractivity contribution in [3.63, 3.8) is 0 Å². The first-order valence-corrected chi connectivity index (χ1v) is 11.0. The van der Waals surface area contributed by atoms with E-state index in [-0.39, 0.29) is 0 Å². The molecule has 0 saturated carbocycles. The summed E-state index contributed by atoms with van der Waals surface area (Å²) in [5.41, 5.74) is 10.3. The standard InChI is InChI=1S/C18H31N7OS2.C2H6/c1-7-20-18(28)24-22-16(13(3)21-23-17(27)19-5)15-11-12(2)25(14(15)4)9-8-10-26-6;1-2/h11H,7-10H2,1-6H3,(H2,19,23,27)(H2,20,24,28);1-2H3/b21-13+,22-16-;. The molecule has 0 bridgehead atoms. The van der Waals surface area contributed by atoms with Crippen molar-refractivity contribution in [1.82, 2.24) is 26.1 Å². The average molecular weight is 456 g/mol. The van der Waals surface area contributed by atoms with Crippen LogP contribution in [0.15, 0.2) is 16.3 Å². The number of hydrogen-bond donors (Lipinski definition) is 4. The van der Waals surface area contributed by atoms with E-state index in [1.165, 1.54) is 0 Å². The molecule has 170 valence electrons. The summed E-state index contributed by atoms with van der Waals surface area (Å²) >= 11 is 10.3. The molecule has 0 spiro atoms. The lowest BCUT2D eigenvalue weighted by Gasteiger charge is -2.12. The number of nitrogens with zero attached hydrogens (tertiary/aromatic N) is 3. The normalized spacial score (nSPS) is 11.3. The highest BCUT2D eigenvalue weighted by atomic mass is 32.1. The Balaban J connectivity index is 0.00000407. The maximum Gasteiger partial charge on any atom is 0.186 e. The molecule has 1 rings (SSSR count). The van der Waals surface area contributed by atoms with Gasteiger partial charge in [-0.05, 0) is 64.6 Å². The zero-order valence-corrected chi connectivity index (χ0v) is 21.1. The number of hydrogen-bond acceptors (Lipinski definition) is 5. The Labute approximate surface area is 191 Å². The third-order valence-electron chi connectivity index (χ3n) is 4.06. The first kappa shape index (κ1) is 28.0. The van der Waals surface area contributed by atoms with E-state index in [4.69, 9.17) is 29.2 Å². The van der Waals surface area contributed by atoms with Gasteiger partial charge in [-0.15, -0.1) is 0 Å². The highest BCUT2D eigenvalue weighted by molar-refractivity contribution is 7.80. The molecule has 0 amide bonds. The summed E-state index contributed by atoms with van der Waals surface area (Å²) in [5, 5.41) is 15.6. The van der Waals surface area contributed by atoms with Crippen LogP contribution in [0.25, 0.3) is 0 Å². The molecule has 0 aliphatic rings. The van der Waals surface area contributed by atoms with E-state index >= 15 is 0 Å². The molecular weight excluding hydrogens is 418 g/mol. The number of hydrazone groups is 2. The fraction of sp³-hybridized carbons (Fsp3) is 0.600. The van der Waals surface area contributed by atoms with Gasteiger partial charge >= 0.3 is 0 Å². The van der Waals surface area contributed by atoms with Crippen LogP contribution in [0.4, 0.5) is 0 Å². The van der Waals surface area contributed by atoms with Gasteiger partial charge < -0.3 is 19.9 Å². The van der Waals surface area contributed by atoms with Crippen LogP contribution in [0.5, 0.6) is 0 Å². The van der Waals surface area contributed by atoms with Crippen molar-refractivity contribution in [3.05, 3.63) is 23.0 Å². The van der Waals surface area contributed by atoms with E-state index < -0.39 is 0 Å². The van der Waals surface area contributed by atoms with Crippen molar-refractivity contribution in [3.8, 4) is 0 Å². The van der Waals surface area contributed by atoms with Crippen LogP contribution in [-0.4, -0.2) is 53.5 Å². The molecule has 0 aromatic carbocycles. The number of nitrogens with one attached hydrogen (secondary N) is 4. The van der Waals surface area contributed by atoms with Gasteiger partial charge in [-0.2, -0.15) is 10.2 Å². The molecule has 1 heterocycles. The lowest BCUT2D eigenvalue weighted by atomic mass is 10.1. The maximum absolute atomic E-state index is 5.23. The summed E-state index contributed by atoms with van der Waals surface area (Å²) < 4.78 is 7.43. The van der Waals surface area contributed by atoms with Crippen LogP contribution < -0.4 is 21.5 Å². The molecule has 0 saturated heterocycles. The van der Waals surface area contributed by atoms with Crippen LogP contribution in [0, 0.1) is 13.8 Å². The summed E-state index contributed by atoms with van der Waals surface area (Å²) in [6.45, 7) is 14.3.